The van der Waals surface area contributed by atoms with E-state index in [4.69, 9.17) is 14.5 Å². The number of aliphatic imine (C=N–C) groups is 1. The SMILES string of the molecule is Cc1cc(Oc2ccc(S(C)(O)O)nc2)cc2cc(C3=NCC(CC(=O)N4CCOCC4)S3)[nH]c12. The molecule has 35 heavy (non-hydrogen) atoms. The summed E-state index contributed by atoms with van der Waals surface area (Å²) in [6.07, 6.45) is 3.31. The molecule has 4 heterocycles. The number of aromatic amines is 1. The molecule has 1 aromatic carbocycles. The molecule has 0 aliphatic carbocycles. The lowest BCUT2D eigenvalue weighted by atomic mass is 10.1. The average molecular weight is 517 g/mol. The number of aryl methyl sites for hydroxylation is 1. The Labute approximate surface area is 209 Å². The van der Waals surface area contributed by atoms with Crippen molar-refractivity contribution in [1.82, 2.24) is 14.9 Å². The highest BCUT2D eigenvalue weighted by Crippen LogP contribution is 2.43. The van der Waals surface area contributed by atoms with Gasteiger partial charge in [0, 0.05) is 41.9 Å². The maximum atomic E-state index is 12.6. The van der Waals surface area contributed by atoms with Crippen molar-refractivity contribution in [3.63, 3.8) is 0 Å². The van der Waals surface area contributed by atoms with E-state index in [-0.39, 0.29) is 16.2 Å². The minimum Gasteiger partial charge on any atom is -0.456 e. The molecule has 0 saturated carbocycles. The number of hydrogen-bond acceptors (Lipinski definition) is 8. The van der Waals surface area contributed by atoms with Gasteiger partial charge in [-0.3, -0.25) is 18.9 Å². The highest BCUT2D eigenvalue weighted by Gasteiger charge is 2.27. The quantitative estimate of drug-likeness (QED) is 0.441. The predicted octanol–water partition coefficient (Wildman–Crippen LogP) is 4.51. The number of rotatable bonds is 6. The third-order valence-electron chi connectivity index (χ3n) is 5.95. The number of pyridine rings is 1. The van der Waals surface area contributed by atoms with Gasteiger partial charge in [0.2, 0.25) is 5.91 Å². The van der Waals surface area contributed by atoms with E-state index in [2.05, 4.69) is 16.0 Å². The van der Waals surface area contributed by atoms with Gasteiger partial charge in [0.1, 0.15) is 21.6 Å². The molecule has 3 N–H and O–H groups in total. The van der Waals surface area contributed by atoms with E-state index in [9.17, 15) is 13.9 Å². The summed E-state index contributed by atoms with van der Waals surface area (Å²) in [7, 11) is -2.86. The Balaban J connectivity index is 1.27. The van der Waals surface area contributed by atoms with E-state index >= 15 is 0 Å². The number of nitrogens with zero attached hydrogens (tertiary/aromatic N) is 3. The first kappa shape index (κ1) is 24.1. The lowest BCUT2D eigenvalue weighted by Crippen LogP contribution is -2.41. The van der Waals surface area contributed by atoms with Crippen LogP contribution in [0.4, 0.5) is 0 Å². The third-order valence-corrected chi connectivity index (χ3v) is 8.21. The van der Waals surface area contributed by atoms with Crippen LogP contribution >= 0.6 is 22.4 Å². The molecule has 1 atom stereocenters. The minimum atomic E-state index is -2.86. The van der Waals surface area contributed by atoms with Gasteiger partial charge in [-0.05, 0) is 42.8 Å². The standard InChI is InChI=1S/C24H28N4O5S2/c1-15-9-18(33-17-3-4-21(25-13-17)35(2,30)31)10-16-11-20(27-23(15)16)24-26-14-19(34-24)12-22(29)28-5-7-32-8-6-28/h3-4,9-11,13,19,27,30-31H,5-8,12,14H2,1-2H3. The average Bonchev–Trinajstić information content (AvgIpc) is 3.47. The number of aromatic nitrogens is 2. The second-order valence-electron chi connectivity index (χ2n) is 8.74. The lowest BCUT2D eigenvalue weighted by molar-refractivity contribution is -0.135. The summed E-state index contributed by atoms with van der Waals surface area (Å²) in [5.74, 6) is 1.34. The molecule has 2 aliphatic heterocycles. The molecule has 1 amide bonds. The van der Waals surface area contributed by atoms with Crippen molar-refractivity contribution in [2.24, 2.45) is 4.99 Å². The molecule has 0 bridgehead atoms. The zero-order valence-electron chi connectivity index (χ0n) is 19.6. The van der Waals surface area contributed by atoms with Gasteiger partial charge in [-0.1, -0.05) is 11.8 Å². The topological polar surface area (TPSA) is 120 Å². The summed E-state index contributed by atoms with van der Waals surface area (Å²) in [5, 5.41) is 2.29. The van der Waals surface area contributed by atoms with Crippen molar-refractivity contribution in [2.45, 2.75) is 23.6 Å². The first-order valence-corrected chi connectivity index (χ1v) is 14.2. The summed E-state index contributed by atoms with van der Waals surface area (Å²) in [4.78, 5) is 26.8. The van der Waals surface area contributed by atoms with E-state index < -0.39 is 10.6 Å². The summed E-state index contributed by atoms with van der Waals surface area (Å²) < 4.78 is 30.8. The Morgan fingerprint density at radius 1 is 1.26 bits per heavy atom. The number of thioether (sulfide) groups is 1. The normalized spacial score (nSPS) is 19.1. The van der Waals surface area contributed by atoms with Crippen molar-refractivity contribution in [3.05, 3.63) is 47.8 Å². The molecule has 1 saturated heterocycles. The zero-order valence-corrected chi connectivity index (χ0v) is 21.2. The highest BCUT2D eigenvalue weighted by molar-refractivity contribution is 8.23. The fourth-order valence-electron chi connectivity index (χ4n) is 4.17. The van der Waals surface area contributed by atoms with Crippen LogP contribution in [-0.2, 0) is 9.53 Å². The van der Waals surface area contributed by atoms with E-state index in [1.54, 1.807) is 23.9 Å². The molecule has 0 spiro atoms. The molecule has 186 valence electrons. The van der Waals surface area contributed by atoms with Gasteiger partial charge in [0.25, 0.3) is 0 Å². The van der Waals surface area contributed by atoms with Gasteiger partial charge in [-0.2, -0.15) is 10.6 Å². The van der Waals surface area contributed by atoms with Crippen LogP contribution in [0.5, 0.6) is 11.5 Å². The first-order chi connectivity index (χ1) is 16.8. The maximum absolute atomic E-state index is 12.6. The van der Waals surface area contributed by atoms with E-state index in [0.717, 1.165) is 27.2 Å². The van der Waals surface area contributed by atoms with Crippen LogP contribution in [-0.4, -0.2) is 79.3 Å². The lowest BCUT2D eigenvalue weighted by Gasteiger charge is -2.27. The van der Waals surface area contributed by atoms with Gasteiger partial charge in [0.05, 0.1) is 31.6 Å². The van der Waals surface area contributed by atoms with Gasteiger partial charge < -0.3 is 19.4 Å². The fraction of sp³-hybridized carbons (Fsp3) is 0.375. The highest BCUT2D eigenvalue weighted by atomic mass is 32.3. The molecular formula is C24H28N4O5S2. The number of ether oxygens (including phenoxy) is 2. The smallest absolute Gasteiger partial charge is 0.223 e. The Bertz CT molecular complexity index is 1260. The van der Waals surface area contributed by atoms with E-state index in [1.165, 1.54) is 12.5 Å². The second-order valence-corrected chi connectivity index (χ2v) is 12.1. The Hall–Kier alpha value is -2.57. The van der Waals surface area contributed by atoms with E-state index in [1.807, 2.05) is 24.0 Å². The Morgan fingerprint density at radius 2 is 2.06 bits per heavy atom. The molecular weight excluding hydrogens is 488 g/mol. The van der Waals surface area contributed by atoms with Gasteiger partial charge in [0.15, 0.2) is 0 Å². The number of benzene rings is 1. The predicted molar refractivity (Wildman–Crippen MR) is 139 cm³/mol. The molecule has 1 unspecified atom stereocenters. The number of hydrogen-bond donors (Lipinski definition) is 3. The fourth-order valence-corrected chi connectivity index (χ4v) is 5.82. The summed E-state index contributed by atoms with van der Waals surface area (Å²) in [5.41, 5.74) is 2.97. The molecule has 5 rings (SSSR count). The van der Waals surface area contributed by atoms with Crippen LogP contribution in [0.3, 0.4) is 0 Å². The van der Waals surface area contributed by atoms with Crippen LogP contribution in [0.15, 0.2) is 46.5 Å². The third kappa shape index (κ3) is 5.49. The maximum Gasteiger partial charge on any atom is 0.223 e. The number of fused-ring (bicyclic) bond motifs is 1. The number of carbonyl (C=O) groups excluding carboxylic acids is 1. The van der Waals surface area contributed by atoms with Crippen molar-refractivity contribution in [1.29, 1.82) is 0 Å². The summed E-state index contributed by atoms with van der Waals surface area (Å²) in [6.45, 7) is 5.19. The monoisotopic (exact) mass is 516 g/mol. The van der Waals surface area contributed by atoms with Crippen molar-refractivity contribution in [2.75, 3.05) is 39.1 Å². The van der Waals surface area contributed by atoms with Crippen molar-refractivity contribution in [3.8, 4) is 11.5 Å². The summed E-state index contributed by atoms with van der Waals surface area (Å²) in [6, 6.07) is 9.17. The van der Waals surface area contributed by atoms with Crippen molar-refractivity contribution < 1.29 is 23.4 Å². The molecule has 3 aromatic rings. The van der Waals surface area contributed by atoms with Crippen LogP contribution in [0.2, 0.25) is 0 Å². The minimum absolute atomic E-state index is 0.142. The Kier molecular flexibility index (Phi) is 6.78. The molecule has 1 fully saturated rings. The van der Waals surface area contributed by atoms with Gasteiger partial charge in [-0.15, -0.1) is 0 Å². The zero-order chi connectivity index (χ0) is 24.6. The number of morpholine rings is 1. The van der Waals surface area contributed by atoms with Crippen LogP contribution in [0, 0.1) is 6.92 Å². The number of nitrogens with one attached hydrogen (secondary N) is 1. The number of amides is 1. The molecule has 2 aliphatic rings. The van der Waals surface area contributed by atoms with Crippen LogP contribution < -0.4 is 4.74 Å². The number of H-pyrrole nitrogens is 1. The van der Waals surface area contributed by atoms with Crippen molar-refractivity contribution >= 4 is 44.2 Å². The molecule has 2 aromatic heterocycles. The molecule has 11 heteroatoms. The molecule has 9 nitrogen and oxygen atoms in total. The van der Waals surface area contributed by atoms with Crippen LogP contribution in [0.25, 0.3) is 10.9 Å². The van der Waals surface area contributed by atoms with Gasteiger partial charge >= 0.3 is 0 Å². The first-order valence-electron chi connectivity index (χ1n) is 11.3. The summed E-state index contributed by atoms with van der Waals surface area (Å²) >= 11 is 1.65. The van der Waals surface area contributed by atoms with Crippen LogP contribution in [0.1, 0.15) is 17.7 Å². The number of carbonyl (C=O) groups is 1. The largest absolute Gasteiger partial charge is 0.456 e. The Morgan fingerprint density at radius 3 is 2.77 bits per heavy atom. The second kappa shape index (κ2) is 9.82. The molecule has 0 radical (unpaired) electrons. The van der Waals surface area contributed by atoms with Gasteiger partial charge in [-0.25, -0.2) is 4.98 Å². The van der Waals surface area contributed by atoms with E-state index in [0.29, 0.717) is 50.8 Å².